The molecule has 0 aromatic heterocycles. The number of ether oxygens (including phenoxy) is 1. The first-order chi connectivity index (χ1) is 17.7. The van der Waals surface area contributed by atoms with E-state index in [0.29, 0.717) is 0 Å². The number of amides is 3. The number of hydrogen-bond donors (Lipinski definition) is 1. The molecule has 3 aromatic carbocycles. The summed E-state index contributed by atoms with van der Waals surface area (Å²) in [6.07, 6.45) is 0. The van der Waals surface area contributed by atoms with Crippen molar-refractivity contribution in [2.24, 2.45) is 0 Å². The van der Waals surface area contributed by atoms with Crippen LogP contribution in [0.3, 0.4) is 0 Å². The third-order valence-electron chi connectivity index (χ3n) is 6.19. The molecule has 184 valence electrons. The van der Waals surface area contributed by atoms with Gasteiger partial charge in [0.2, 0.25) is 0 Å². The third kappa shape index (κ3) is 3.99. The van der Waals surface area contributed by atoms with Crippen LogP contribution in [0, 0.1) is 0 Å². The van der Waals surface area contributed by atoms with Gasteiger partial charge < -0.3 is 10.1 Å². The van der Waals surface area contributed by atoms with Crippen molar-refractivity contribution in [3.8, 4) is 0 Å². The first-order valence-electron chi connectivity index (χ1n) is 11.1. The zero-order valence-electron chi connectivity index (χ0n) is 19.2. The largest absolute Gasteiger partial charge is 0.454 e. The molecule has 2 aliphatic rings. The zero-order valence-corrected chi connectivity index (χ0v) is 20.0. The average molecular weight is 517 g/mol. The minimum Gasteiger partial charge on any atom is -0.454 e. The van der Waals surface area contributed by atoms with Gasteiger partial charge in [-0.25, -0.2) is 4.79 Å². The minimum atomic E-state index is -1.27. The summed E-state index contributed by atoms with van der Waals surface area (Å²) in [5.74, 6) is -3.75. The van der Waals surface area contributed by atoms with Crippen LogP contribution >= 0.6 is 11.6 Å². The first-order valence-corrected chi connectivity index (χ1v) is 11.5. The third-order valence-corrected chi connectivity index (χ3v) is 6.50. The minimum absolute atomic E-state index is 0.0124. The average Bonchev–Trinajstić information content (AvgIpc) is 3.16. The van der Waals surface area contributed by atoms with E-state index in [1.54, 1.807) is 36.4 Å². The van der Waals surface area contributed by atoms with Crippen LogP contribution in [0.5, 0.6) is 0 Å². The standard InChI is InChI=1S/C27H17ClN2O7/c1-13(30-25(34)16-8-4-5-9-17(16)26(30)35)27(36)37-12-22(31)29-21-11-19-18(10-20(21)28)23(32)14-6-2-3-7-15(14)24(19)33/h2-11,13H,12H2,1H3,(H,29,31)/t13-/m0/s1. The van der Waals surface area contributed by atoms with Crippen LogP contribution < -0.4 is 5.32 Å². The maximum atomic E-state index is 12.9. The maximum absolute atomic E-state index is 12.9. The van der Waals surface area contributed by atoms with Gasteiger partial charge in [0.1, 0.15) is 6.04 Å². The summed E-state index contributed by atoms with van der Waals surface area (Å²) in [4.78, 5) is 76.6. The summed E-state index contributed by atoms with van der Waals surface area (Å²) in [5, 5.41) is 2.47. The Balaban J connectivity index is 1.26. The smallest absolute Gasteiger partial charge is 0.329 e. The molecule has 1 heterocycles. The Kier molecular flexibility index (Phi) is 5.93. The molecule has 0 spiro atoms. The fourth-order valence-electron chi connectivity index (χ4n) is 4.32. The molecule has 0 fully saturated rings. The summed E-state index contributed by atoms with van der Waals surface area (Å²) >= 11 is 6.25. The van der Waals surface area contributed by atoms with E-state index in [9.17, 15) is 28.8 Å². The summed E-state index contributed by atoms with van der Waals surface area (Å²) in [6, 6.07) is 13.9. The molecule has 1 atom stereocenters. The Morgan fingerprint density at radius 2 is 1.30 bits per heavy atom. The molecule has 37 heavy (non-hydrogen) atoms. The molecular weight excluding hydrogens is 500 g/mol. The van der Waals surface area contributed by atoms with Crippen molar-refractivity contribution in [2.75, 3.05) is 11.9 Å². The maximum Gasteiger partial charge on any atom is 0.329 e. The number of ketones is 2. The second kappa shape index (κ2) is 9.11. The Labute approximate surface area is 215 Å². The number of benzene rings is 3. The summed E-state index contributed by atoms with van der Waals surface area (Å²) in [6.45, 7) is 0.582. The molecule has 3 aromatic rings. The molecule has 9 nitrogen and oxygen atoms in total. The molecule has 3 amide bonds. The number of anilines is 1. The zero-order chi connectivity index (χ0) is 26.4. The van der Waals surface area contributed by atoms with Crippen molar-refractivity contribution >= 4 is 52.5 Å². The highest BCUT2D eigenvalue weighted by Gasteiger charge is 2.41. The molecule has 1 aliphatic carbocycles. The van der Waals surface area contributed by atoms with E-state index in [0.717, 1.165) is 4.90 Å². The number of halogens is 1. The molecule has 0 saturated carbocycles. The van der Waals surface area contributed by atoms with Gasteiger partial charge in [0.25, 0.3) is 17.7 Å². The van der Waals surface area contributed by atoms with Crippen LogP contribution in [0.1, 0.15) is 59.5 Å². The molecule has 0 radical (unpaired) electrons. The molecule has 0 saturated heterocycles. The molecule has 1 N–H and O–H groups in total. The second-order valence-corrected chi connectivity index (χ2v) is 8.85. The number of nitrogens with one attached hydrogen (secondary N) is 1. The predicted octanol–water partition coefficient (Wildman–Crippen LogP) is 3.28. The van der Waals surface area contributed by atoms with Gasteiger partial charge in [0, 0.05) is 22.3 Å². The van der Waals surface area contributed by atoms with Crippen LogP contribution in [0.4, 0.5) is 5.69 Å². The number of carbonyl (C=O) groups excluding carboxylic acids is 6. The Morgan fingerprint density at radius 3 is 1.84 bits per heavy atom. The van der Waals surface area contributed by atoms with Crippen molar-refractivity contribution < 1.29 is 33.5 Å². The van der Waals surface area contributed by atoms with E-state index >= 15 is 0 Å². The second-order valence-electron chi connectivity index (χ2n) is 8.44. The van der Waals surface area contributed by atoms with E-state index in [4.69, 9.17) is 16.3 Å². The lowest BCUT2D eigenvalue weighted by molar-refractivity contribution is -0.150. The number of carbonyl (C=O) groups is 6. The van der Waals surface area contributed by atoms with Crippen molar-refractivity contribution in [1.29, 1.82) is 0 Å². The quantitative estimate of drug-likeness (QED) is 0.318. The lowest BCUT2D eigenvalue weighted by Crippen LogP contribution is -2.44. The molecule has 0 bridgehead atoms. The van der Waals surface area contributed by atoms with Gasteiger partial charge in [-0.3, -0.25) is 28.9 Å². The fraction of sp³-hybridized carbons (Fsp3) is 0.111. The summed E-state index contributed by atoms with van der Waals surface area (Å²) in [5.41, 5.74) is 1.13. The van der Waals surface area contributed by atoms with Crippen LogP contribution in [0.25, 0.3) is 0 Å². The highest BCUT2D eigenvalue weighted by molar-refractivity contribution is 6.36. The fourth-order valence-corrected chi connectivity index (χ4v) is 4.53. The van der Waals surface area contributed by atoms with Crippen LogP contribution in [0.2, 0.25) is 5.02 Å². The number of rotatable bonds is 5. The van der Waals surface area contributed by atoms with Crippen LogP contribution in [-0.2, 0) is 14.3 Å². The van der Waals surface area contributed by atoms with E-state index in [2.05, 4.69) is 5.32 Å². The first kappa shape index (κ1) is 24.1. The van der Waals surface area contributed by atoms with Gasteiger partial charge in [-0.05, 0) is 31.2 Å². The number of imide groups is 1. The monoisotopic (exact) mass is 516 g/mol. The lowest BCUT2D eigenvalue weighted by Gasteiger charge is -2.21. The Morgan fingerprint density at radius 1 is 0.811 bits per heavy atom. The highest BCUT2D eigenvalue weighted by atomic mass is 35.5. The summed E-state index contributed by atoms with van der Waals surface area (Å²) in [7, 11) is 0. The molecular formula is C27H17ClN2O7. The van der Waals surface area contributed by atoms with E-state index in [-0.39, 0.29) is 49.9 Å². The van der Waals surface area contributed by atoms with Gasteiger partial charge in [-0.1, -0.05) is 48.0 Å². The van der Waals surface area contributed by atoms with Crippen molar-refractivity contribution in [3.05, 3.63) is 99.1 Å². The van der Waals surface area contributed by atoms with E-state index in [1.165, 1.54) is 31.2 Å². The number of nitrogens with zero attached hydrogens (tertiary/aromatic N) is 1. The van der Waals surface area contributed by atoms with Gasteiger partial charge >= 0.3 is 5.97 Å². The lowest BCUT2D eigenvalue weighted by atomic mass is 9.84. The molecule has 1 aliphatic heterocycles. The van der Waals surface area contributed by atoms with Gasteiger partial charge in [0.05, 0.1) is 21.8 Å². The molecule has 10 heteroatoms. The molecule has 5 rings (SSSR count). The SMILES string of the molecule is C[C@@H](C(=O)OCC(=O)Nc1cc2c(cc1Cl)C(=O)c1ccccc1C2=O)N1C(=O)c2ccccc2C1=O. The van der Waals surface area contributed by atoms with Crippen LogP contribution in [-0.4, -0.2) is 52.8 Å². The predicted molar refractivity (Wildman–Crippen MR) is 131 cm³/mol. The van der Waals surface area contributed by atoms with Gasteiger partial charge in [0.15, 0.2) is 18.2 Å². The van der Waals surface area contributed by atoms with E-state index < -0.39 is 42.1 Å². The topological polar surface area (TPSA) is 127 Å². The van der Waals surface area contributed by atoms with Crippen molar-refractivity contribution in [3.63, 3.8) is 0 Å². The van der Waals surface area contributed by atoms with E-state index in [1.807, 2.05) is 0 Å². The number of fused-ring (bicyclic) bond motifs is 3. The molecule has 0 unspecified atom stereocenters. The van der Waals surface area contributed by atoms with Crippen LogP contribution in [0.15, 0.2) is 60.7 Å². The number of esters is 1. The van der Waals surface area contributed by atoms with Crippen molar-refractivity contribution in [2.45, 2.75) is 13.0 Å². The number of hydrogen-bond acceptors (Lipinski definition) is 7. The van der Waals surface area contributed by atoms with Gasteiger partial charge in [-0.2, -0.15) is 0 Å². The normalized spacial score (nSPS) is 14.6. The van der Waals surface area contributed by atoms with Crippen molar-refractivity contribution in [1.82, 2.24) is 4.90 Å². The Bertz CT molecular complexity index is 1530. The summed E-state index contributed by atoms with van der Waals surface area (Å²) < 4.78 is 5.02. The highest BCUT2D eigenvalue weighted by Crippen LogP contribution is 2.33. The Hall–Kier alpha value is -4.63. The van der Waals surface area contributed by atoms with Gasteiger partial charge in [-0.15, -0.1) is 0 Å².